The van der Waals surface area contributed by atoms with Crippen LogP contribution in [0.5, 0.6) is 0 Å². The predicted molar refractivity (Wildman–Crippen MR) is 40.5 cm³/mol. The first-order valence-electron chi connectivity index (χ1n) is 3.46. The van der Waals surface area contributed by atoms with Crippen molar-refractivity contribution in [3.8, 4) is 6.07 Å². The second-order valence-corrected chi connectivity index (χ2v) is 2.27. The molecule has 0 unspecified atom stereocenters. The molecule has 1 aromatic carbocycles. The van der Waals surface area contributed by atoms with Crippen molar-refractivity contribution in [2.45, 2.75) is 13.3 Å². The quantitative estimate of drug-likeness (QED) is 0.600. The Morgan fingerprint density at radius 1 is 1.55 bits per heavy atom. The Kier molecular flexibility index (Phi) is 2.22. The summed E-state index contributed by atoms with van der Waals surface area (Å²) in [5.74, 6) is -0.348. The van der Waals surface area contributed by atoms with Crippen LogP contribution in [0, 0.1) is 17.1 Å². The number of benzene rings is 1. The van der Waals surface area contributed by atoms with E-state index in [9.17, 15) is 4.39 Å². The van der Waals surface area contributed by atoms with E-state index in [2.05, 4.69) is 0 Å². The zero-order valence-electron chi connectivity index (χ0n) is 6.26. The van der Waals surface area contributed by atoms with E-state index in [1.54, 1.807) is 6.07 Å². The molecule has 0 radical (unpaired) electrons. The summed E-state index contributed by atoms with van der Waals surface area (Å²) in [6.07, 6.45) is 0.767. The lowest BCUT2D eigenvalue weighted by molar-refractivity contribution is 0.626. The van der Waals surface area contributed by atoms with Crippen molar-refractivity contribution in [3.05, 3.63) is 35.1 Å². The molecule has 1 aromatic rings. The van der Waals surface area contributed by atoms with Gasteiger partial charge in [0.05, 0.1) is 11.6 Å². The van der Waals surface area contributed by atoms with Gasteiger partial charge in [-0.1, -0.05) is 13.0 Å². The van der Waals surface area contributed by atoms with Crippen molar-refractivity contribution in [2.24, 2.45) is 0 Å². The summed E-state index contributed by atoms with van der Waals surface area (Å²) in [5, 5.41) is 8.56. The molecule has 0 fully saturated rings. The third kappa shape index (κ3) is 1.56. The van der Waals surface area contributed by atoms with Crippen LogP contribution in [0.3, 0.4) is 0 Å². The van der Waals surface area contributed by atoms with Gasteiger partial charge in [0, 0.05) is 0 Å². The van der Waals surface area contributed by atoms with E-state index in [-0.39, 0.29) is 5.82 Å². The summed E-state index contributed by atoms with van der Waals surface area (Å²) in [6, 6.07) is 6.23. The van der Waals surface area contributed by atoms with Gasteiger partial charge in [-0.2, -0.15) is 5.26 Å². The molecule has 0 aliphatic heterocycles. The van der Waals surface area contributed by atoms with Crippen LogP contribution in [0.4, 0.5) is 4.39 Å². The Labute approximate surface area is 65.1 Å². The third-order valence-corrected chi connectivity index (χ3v) is 1.57. The largest absolute Gasteiger partial charge is 0.207 e. The number of nitrogens with zero attached hydrogens (tertiary/aromatic N) is 1. The van der Waals surface area contributed by atoms with Gasteiger partial charge in [-0.25, -0.2) is 4.39 Å². The maximum absolute atomic E-state index is 12.5. The van der Waals surface area contributed by atoms with Crippen LogP contribution in [0.1, 0.15) is 18.1 Å². The topological polar surface area (TPSA) is 23.8 Å². The molecule has 0 atom stereocenters. The highest BCUT2D eigenvalue weighted by molar-refractivity contribution is 5.37. The van der Waals surface area contributed by atoms with Gasteiger partial charge in [0.25, 0.3) is 0 Å². The van der Waals surface area contributed by atoms with Crippen LogP contribution in [0.2, 0.25) is 0 Å². The third-order valence-electron chi connectivity index (χ3n) is 1.57. The monoisotopic (exact) mass is 149 g/mol. The van der Waals surface area contributed by atoms with Crippen molar-refractivity contribution in [1.82, 2.24) is 0 Å². The van der Waals surface area contributed by atoms with Crippen LogP contribution < -0.4 is 0 Å². The first-order valence-corrected chi connectivity index (χ1v) is 3.46. The maximum atomic E-state index is 12.5. The molecule has 1 rings (SSSR count). The number of rotatable bonds is 1. The molecule has 0 heterocycles. The van der Waals surface area contributed by atoms with Gasteiger partial charge in [-0.3, -0.25) is 0 Å². The van der Waals surface area contributed by atoms with Crippen molar-refractivity contribution in [2.75, 3.05) is 0 Å². The fraction of sp³-hybridized carbons (Fsp3) is 0.222. The fourth-order valence-corrected chi connectivity index (χ4v) is 0.961. The molecule has 0 saturated heterocycles. The molecule has 0 bridgehead atoms. The van der Waals surface area contributed by atoms with Crippen molar-refractivity contribution in [3.63, 3.8) is 0 Å². The van der Waals surface area contributed by atoms with Gasteiger partial charge >= 0.3 is 0 Å². The Bertz CT molecular complexity index is 299. The fourth-order valence-electron chi connectivity index (χ4n) is 0.961. The van der Waals surface area contributed by atoms with E-state index in [0.717, 1.165) is 12.0 Å². The molecule has 0 aliphatic carbocycles. The molecule has 0 amide bonds. The van der Waals surface area contributed by atoms with Crippen molar-refractivity contribution < 1.29 is 4.39 Å². The first kappa shape index (κ1) is 7.74. The van der Waals surface area contributed by atoms with Gasteiger partial charge in [0.2, 0.25) is 0 Å². The standard InChI is InChI=1S/C9H8FN/c1-2-7-3-4-9(10)5-8(7)6-11/h3-5H,2H2,1H3. The van der Waals surface area contributed by atoms with Crippen LogP contribution in [0.15, 0.2) is 18.2 Å². The predicted octanol–water partition coefficient (Wildman–Crippen LogP) is 2.26. The lowest BCUT2D eigenvalue weighted by Gasteiger charge is -1.98. The van der Waals surface area contributed by atoms with E-state index >= 15 is 0 Å². The smallest absolute Gasteiger partial charge is 0.124 e. The minimum Gasteiger partial charge on any atom is -0.207 e. The zero-order valence-corrected chi connectivity index (χ0v) is 6.26. The van der Waals surface area contributed by atoms with Crippen molar-refractivity contribution in [1.29, 1.82) is 5.26 Å². The van der Waals surface area contributed by atoms with E-state index in [0.29, 0.717) is 5.56 Å². The summed E-state index contributed by atoms with van der Waals surface area (Å²) in [6.45, 7) is 1.94. The van der Waals surface area contributed by atoms with E-state index in [1.165, 1.54) is 12.1 Å². The average Bonchev–Trinajstić information content (AvgIpc) is 2.04. The molecule has 56 valence electrons. The second kappa shape index (κ2) is 3.16. The first-order chi connectivity index (χ1) is 5.27. The number of nitriles is 1. The van der Waals surface area contributed by atoms with Gasteiger partial charge < -0.3 is 0 Å². The number of aryl methyl sites for hydroxylation is 1. The minimum atomic E-state index is -0.348. The van der Waals surface area contributed by atoms with Crippen LogP contribution in [-0.4, -0.2) is 0 Å². The van der Waals surface area contributed by atoms with E-state index in [1.807, 2.05) is 13.0 Å². The van der Waals surface area contributed by atoms with Gasteiger partial charge in [0.1, 0.15) is 5.82 Å². The molecule has 0 saturated carbocycles. The van der Waals surface area contributed by atoms with E-state index < -0.39 is 0 Å². The summed E-state index contributed by atoms with van der Waals surface area (Å²) in [5.41, 5.74) is 1.33. The van der Waals surface area contributed by atoms with Gasteiger partial charge in [-0.05, 0) is 24.1 Å². The maximum Gasteiger partial charge on any atom is 0.124 e. The summed E-state index contributed by atoms with van der Waals surface area (Å²) >= 11 is 0. The van der Waals surface area contributed by atoms with Crippen LogP contribution >= 0.6 is 0 Å². The second-order valence-electron chi connectivity index (χ2n) is 2.27. The Balaban J connectivity index is 3.19. The Hall–Kier alpha value is -1.36. The average molecular weight is 149 g/mol. The van der Waals surface area contributed by atoms with Crippen LogP contribution in [0.25, 0.3) is 0 Å². The number of hydrogen-bond donors (Lipinski definition) is 0. The molecule has 2 heteroatoms. The SMILES string of the molecule is CCc1ccc(F)cc1C#N. The number of hydrogen-bond acceptors (Lipinski definition) is 1. The zero-order chi connectivity index (χ0) is 8.27. The summed E-state index contributed by atoms with van der Waals surface area (Å²) in [7, 11) is 0. The molecule has 1 nitrogen and oxygen atoms in total. The van der Waals surface area contributed by atoms with E-state index in [4.69, 9.17) is 5.26 Å². The lowest BCUT2D eigenvalue weighted by atomic mass is 10.1. The summed E-state index contributed by atoms with van der Waals surface area (Å²) < 4.78 is 12.5. The molecule has 0 aliphatic rings. The molecule has 0 N–H and O–H groups in total. The highest BCUT2D eigenvalue weighted by Gasteiger charge is 1.99. The Morgan fingerprint density at radius 2 is 2.27 bits per heavy atom. The molecule has 0 spiro atoms. The Morgan fingerprint density at radius 3 is 2.82 bits per heavy atom. The highest BCUT2D eigenvalue weighted by Crippen LogP contribution is 2.10. The highest BCUT2D eigenvalue weighted by atomic mass is 19.1. The molecular weight excluding hydrogens is 141 g/mol. The van der Waals surface area contributed by atoms with Gasteiger partial charge in [-0.15, -0.1) is 0 Å². The molecule has 11 heavy (non-hydrogen) atoms. The molecule has 0 aromatic heterocycles. The normalized spacial score (nSPS) is 9.18. The van der Waals surface area contributed by atoms with Gasteiger partial charge in [0.15, 0.2) is 0 Å². The molecular formula is C9H8FN. The van der Waals surface area contributed by atoms with Crippen molar-refractivity contribution >= 4 is 0 Å². The number of halogens is 1. The summed E-state index contributed by atoms with van der Waals surface area (Å²) in [4.78, 5) is 0. The minimum absolute atomic E-state index is 0.348. The lowest BCUT2D eigenvalue weighted by Crippen LogP contribution is -1.87. The van der Waals surface area contributed by atoms with Crippen LogP contribution in [-0.2, 0) is 6.42 Å².